The van der Waals surface area contributed by atoms with Gasteiger partial charge in [0.1, 0.15) is 11.6 Å². The molecule has 1 amide bonds. The lowest BCUT2D eigenvalue weighted by Gasteiger charge is -2.12. The number of sulfonamides is 1. The highest BCUT2D eigenvalue weighted by Crippen LogP contribution is 2.21. The predicted molar refractivity (Wildman–Crippen MR) is 117 cm³/mol. The molecule has 0 unspecified atom stereocenters. The molecule has 8 heteroatoms. The van der Waals surface area contributed by atoms with Gasteiger partial charge in [-0.15, -0.1) is 0 Å². The number of carbonyl (C=O) groups excluding carboxylic acids is 1. The molecule has 0 saturated heterocycles. The Morgan fingerprint density at radius 2 is 1.71 bits per heavy atom. The zero-order valence-electron chi connectivity index (χ0n) is 17.4. The topological polar surface area (TPSA) is 84.5 Å². The molecule has 0 fully saturated rings. The van der Waals surface area contributed by atoms with Crippen molar-refractivity contribution >= 4 is 21.6 Å². The maximum Gasteiger partial charge on any atom is 0.258 e. The van der Waals surface area contributed by atoms with E-state index in [0.29, 0.717) is 11.4 Å². The maximum absolute atomic E-state index is 14.3. The third-order valence-corrected chi connectivity index (χ3v) is 6.16. The number of methoxy groups -OCH3 is 1. The maximum atomic E-state index is 14.3. The van der Waals surface area contributed by atoms with E-state index in [1.807, 2.05) is 26.0 Å². The second-order valence-corrected chi connectivity index (χ2v) is 8.85. The number of ether oxygens (including phenoxy) is 1. The molecule has 31 heavy (non-hydrogen) atoms. The fraction of sp³-hybridized carbons (Fsp3) is 0.174. The standard InChI is InChI=1S/C23H23FN2O4S/c1-15-4-5-16(2)22(12-15)26-23(27)20-13-19(10-11-21(20)24)31(28,29)25-14-17-6-8-18(30-3)9-7-17/h4-13,25H,14H2,1-3H3,(H,26,27). The molecule has 0 saturated carbocycles. The Balaban J connectivity index is 1.79. The number of hydrogen-bond acceptors (Lipinski definition) is 4. The van der Waals surface area contributed by atoms with Crippen LogP contribution in [0.4, 0.5) is 10.1 Å². The molecule has 0 spiro atoms. The van der Waals surface area contributed by atoms with Gasteiger partial charge in [0.25, 0.3) is 5.91 Å². The molecule has 0 heterocycles. The smallest absolute Gasteiger partial charge is 0.258 e. The molecule has 0 aliphatic heterocycles. The molecule has 0 atom stereocenters. The minimum Gasteiger partial charge on any atom is -0.497 e. The largest absolute Gasteiger partial charge is 0.497 e. The lowest BCUT2D eigenvalue weighted by Crippen LogP contribution is -2.24. The number of benzene rings is 3. The molecular weight excluding hydrogens is 419 g/mol. The van der Waals surface area contributed by atoms with E-state index in [1.54, 1.807) is 37.4 Å². The van der Waals surface area contributed by atoms with Crippen molar-refractivity contribution in [2.24, 2.45) is 0 Å². The first kappa shape index (κ1) is 22.5. The fourth-order valence-electron chi connectivity index (χ4n) is 2.91. The van der Waals surface area contributed by atoms with Crippen LogP contribution in [0.1, 0.15) is 27.0 Å². The zero-order chi connectivity index (χ0) is 22.6. The third-order valence-electron chi connectivity index (χ3n) is 4.76. The summed E-state index contributed by atoms with van der Waals surface area (Å²) in [5, 5.41) is 2.65. The van der Waals surface area contributed by atoms with Gasteiger partial charge in [-0.2, -0.15) is 0 Å². The van der Waals surface area contributed by atoms with Crippen LogP contribution in [0.15, 0.2) is 65.6 Å². The molecular formula is C23H23FN2O4S. The van der Waals surface area contributed by atoms with E-state index in [1.165, 1.54) is 0 Å². The predicted octanol–water partition coefficient (Wildman–Crippen LogP) is 4.18. The highest BCUT2D eigenvalue weighted by Gasteiger charge is 2.20. The quantitative estimate of drug-likeness (QED) is 0.575. The lowest BCUT2D eigenvalue weighted by molar-refractivity contribution is 0.102. The van der Waals surface area contributed by atoms with Gasteiger partial charge < -0.3 is 10.1 Å². The van der Waals surface area contributed by atoms with Crippen molar-refractivity contribution in [3.63, 3.8) is 0 Å². The van der Waals surface area contributed by atoms with Gasteiger partial charge in [0.05, 0.1) is 17.6 Å². The van der Waals surface area contributed by atoms with Crippen LogP contribution in [0.5, 0.6) is 5.75 Å². The second kappa shape index (κ2) is 9.28. The normalized spacial score (nSPS) is 11.2. The molecule has 3 rings (SSSR count). The Bertz CT molecular complexity index is 1210. The summed E-state index contributed by atoms with van der Waals surface area (Å²) < 4.78 is 47.2. The Morgan fingerprint density at radius 3 is 2.39 bits per heavy atom. The molecule has 0 aliphatic carbocycles. The van der Waals surface area contributed by atoms with Gasteiger partial charge in [-0.1, -0.05) is 24.3 Å². The molecule has 0 aromatic heterocycles. The minimum atomic E-state index is -3.96. The Hall–Kier alpha value is -3.23. The minimum absolute atomic E-state index is 0.0354. The number of hydrogen-bond donors (Lipinski definition) is 2. The Kier molecular flexibility index (Phi) is 6.72. The van der Waals surface area contributed by atoms with E-state index in [-0.39, 0.29) is 17.0 Å². The first-order valence-corrected chi connectivity index (χ1v) is 11.0. The molecule has 162 valence electrons. The summed E-state index contributed by atoms with van der Waals surface area (Å²) in [4.78, 5) is 12.4. The van der Waals surface area contributed by atoms with Crippen LogP contribution >= 0.6 is 0 Å². The van der Waals surface area contributed by atoms with Gasteiger partial charge in [-0.05, 0) is 66.9 Å². The average Bonchev–Trinajstić information content (AvgIpc) is 2.75. The summed E-state index contributed by atoms with van der Waals surface area (Å²) in [5.41, 5.74) is 2.65. The molecule has 2 N–H and O–H groups in total. The number of carbonyl (C=O) groups is 1. The monoisotopic (exact) mass is 442 g/mol. The number of aryl methyl sites for hydroxylation is 2. The van der Waals surface area contributed by atoms with E-state index in [0.717, 1.165) is 34.9 Å². The number of halogens is 1. The molecule has 0 bridgehead atoms. The first-order chi connectivity index (χ1) is 14.7. The van der Waals surface area contributed by atoms with Gasteiger partial charge in [0.15, 0.2) is 0 Å². The third kappa shape index (κ3) is 5.48. The Labute approximate surface area is 181 Å². The molecule has 0 radical (unpaired) electrons. The van der Waals surface area contributed by atoms with Crippen LogP contribution in [0.25, 0.3) is 0 Å². The SMILES string of the molecule is COc1ccc(CNS(=O)(=O)c2ccc(F)c(C(=O)Nc3cc(C)ccc3C)c2)cc1. The summed E-state index contributed by atoms with van der Waals surface area (Å²) in [6.45, 7) is 3.72. The van der Waals surface area contributed by atoms with Gasteiger partial charge in [0.2, 0.25) is 10.0 Å². The number of anilines is 1. The lowest BCUT2D eigenvalue weighted by atomic mass is 10.1. The van der Waals surface area contributed by atoms with E-state index in [4.69, 9.17) is 4.74 Å². The van der Waals surface area contributed by atoms with Crippen LogP contribution in [0.2, 0.25) is 0 Å². The Morgan fingerprint density at radius 1 is 1.00 bits per heavy atom. The van der Waals surface area contributed by atoms with Crippen molar-refractivity contribution < 1.29 is 22.3 Å². The van der Waals surface area contributed by atoms with E-state index in [9.17, 15) is 17.6 Å². The summed E-state index contributed by atoms with van der Waals surface area (Å²) >= 11 is 0. The van der Waals surface area contributed by atoms with Crippen molar-refractivity contribution in [2.75, 3.05) is 12.4 Å². The number of rotatable bonds is 7. The highest BCUT2D eigenvalue weighted by atomic mass is 32.2. The first-order valence-electron chi connectivity index (χ1n) is 9.50. The molecule has 3 aromatic carbocycles. The van der Waals surface area contributed by atoms with Crippen molar-refractivity contribution in [3.05, 3.63) is 88.7 Å². The van der Waals surface area contributed by atoms with Crippen LogP contribution in [-0.4, -0.2) is 21.4 Å². The van der Waals surface area contributed by atoms with Gasteiger partial charge in [0, 0.05) is 12.2 Å². The van der Waals surface area contributed by atoms with E-state index in [2.05, 4.69) is 10.0 Å². The summed E-state index contributed by atoms with van der Waals surface area (Å²) in [6, 6.07) is 15.5. The fourth-order valence-corrected chi connectivity index (χ4v) is 3.95. The van der Waals surface area contributed by atoms with Crippen LogP contribution in [-0.2, 0) is 16.6 Å². The zero-order valence-corrected chi connectivity index (χ0v) is 18.2. The second-order valence-electron chi connectivity index (χ2n) is 7.09. The molecule has 3 aromatic rings. The van der Waals surface area contributed by atoms with Gasteiger partial charge >= 0.3 is 0 Å². The average molecular weight is 443 g/mol. The van der Waals surface area contributed by atoms with Crippen molar-refractivity contribution in [2.45, 2.75) is 25.3 Å². The number of amides is 1. The van der Waals surface area contributed by atoms with Crippen LogP contribution < -0.4 is 14.8 Å². The van der Waals surface area contributed by atoms with Gasteiger partial charge in [-0.25, -0.2) is 17.5 Å². The van der Waals surface area contributed by atoms with Gasteiger partial charge in [-0.3, -0.25) is 4.79 Å². The molecule has 6 nitrogen and oxygen atoms in total. The summed E-state index contributed by atoms with van der Waals surface area (Å²) in [6.07, 6.45) is 0. The van der Waals surface area contributed by atoms with Crippen molar-refractivity contribution in [3.8, 4) is 5.75 Å². The van der Waals surface area contributed by atoms with Crippen molar-refractivity contribution in [1.29, 1.82) is 0 Å². The van der Waals surface area contributed by atoms with Crippen molar-refractivity contribution in [1.82, 2.24) is 4.72 Å². The number of nitrogens with one attached hydrogen (secondary N) is 2. The van der Waals surface area contributed by atoms with Crippen LogP contribution in [0, 0.1) is 19.7 Å². The highest BCUT2D eigenvalue weighted by molar-refractivity contribution is 7.89. The summed E-state index contributed by atoms with van der Waals surface area (Å²) in [7, 11) is -2.42. The van der Waals surface area contributed by atoms with E-state index >= 15 is 0 Å². The van der Waals surface area contributed by atoms with E-state index < -0.39 is 21.7 Å². The molecule has 0 aliphatic rings. The summed E-state index contributed by atoms with van der Waals surface area (Å²) in [5.74, 6) is -0.875. The van der Waals surface area contributed by atoms with Crippen LogP contribution in [0.3, 0.4) is 0 Å².